The summed E-state index contributed by atoms with van der Waals surface area (Å²) in [5.41, 5.74) is 0.630. The highest BCUT2D eigenvalue weighted by Gasteiger charge is 2.12. The molecule has 2 aromatic heterocycles. The number of nitrogens with one attached hydrogen (secondary N) is 1. The zero-order valence-electron chi connectivity index (χ0n) is 12.5. The van der Waals surface area contributed by atoms with Crippen LogP contribution in [-0.4, -0.2) is 35.9 Å². The van der Waals surface area contributed by atoms with E-state index in [1.807, 2.05) is 25.2 Å². The highest BCUT2D eigenvalue weighted by Crippen LogP contribution is 2.11. The molecule has 2 heterocycles. The Labute approximate surface area is 129 Å². The van der Waals surface area contributed by atoms with Gasteiger partial charge in [0.15, 0.2) is 0 Å². The van der Waals surface area contributed by atoms with Crippen LogP contribution in [0.3, 0.4) is 0 Å². The molecule has 1 N–H and O–H groups in total. The van der Waals surface area contributed by atoms with E-state index in [4.69, 9.17) is 0 Å². The zero-order valence-corrected chi connectivity index (χ0v) is 13.3. The Balaban J connectivity index is 1.89. The highest BCUT2D eigenvalue weighted by molar-refractivity contribution is 7.09. The molecule has 4 nitrogen and oxygen atoms in total. The molecule has 5 heteroatoms. The molecule has 0 saturated carbocycles. The standard InChI is InChI=1S/C16H21N3OS/c1-3-9-17-15-7-6-13(12-18-15)16(20)19(2)10-8-14-5-4-11-21-14/h4-7,11-12H,3,8-10H2,1-2H3,(H,17,18). The van der Waals surface area contributed by atoms with Crippen molar-refractivity contribution in [3.05, 3.63) is 46.3 Å². The Morgan fingerprint density at radius 3 is 2.86 bits per heavy atom. The number of aromatic nitrogens is 1. The molecule has 0 atom stereocenters. The Kier molecular flexibility index (Phi) is 5.75. The Hall–Kier alpha value is -1.88. The Bertz CT molecular complexity index is 551. The summed E-state index contributed by atoms with van der Waals surface area (Å²) < 4.78 is 0. The lowest BCUT2D eigenvalue weighted by Gasteiger charge is -2.16. The summed E-state index contributed by atoms with van der Waals surface area (Å²) in [6.07, 6.45) is 3.58. The van der Waals surface area contributed by atoms with Crippen LogP contribution in [0.25, 0.3) is 0 Å². The fourth-order valence-electron chi connectivity index (χ4n) is 1.93. The second kappa shape index (κ2) is 7.78. The van der Waals surface area contributed by atoms with Gasteiger partial charge in [0.25, 0.3) is 5.91 Å². The minimum atomic E-state index is 0.0149. The van der Waals surface area contributed by atoms with Crippen molar-refractivity contribution in [2.24, 2.45) is 0 Å². The first kappa shape index (κ1) is 15.5. The Morgan fingerprint density at radius 2 is 2.24 bits per heavy atom. The molecule has 0 fully saturated rings. The number of hydrogen-bond donors (Lipinski definition) is 1. The third kappa shape index (κ3) is 4.56. The van der Waals surface area contributed by atoms with E-state index in [1.165, 1.54) is 4.88 Å². The topological polar surface area (TPSA) is 45.2 Å². The quantitative estimate of drug-likeness (QED) is 0.854. The molecule has 0 radical (unpaired) electrons. The number of anilines is 1. The molecule has 0 unspecified atom stereocenters. The number of carbonyl (C=O) groups excluding carboxylic acids is 1. The molecule has 0 aromatic carbocycles. The van der Waals surface area contributed by atoms with Gasteiger partial charge in [-0.3, -0.25) is 4.79 Å². The minimum absolute atomic E-state index is 0.0149. The molecule has 0 aliphatic carbocycles. The molecule has 0 spiro atoms. The summed E-state index contributed by atoms with van der Waals surface area (Å²) in [5.74, 6) is 0.829. The van der Waals surface area contributed by atoms with E-state index in [1.54, 1.807) is 22.4 Å². The lowest BCUT2D eigenvalue weighted by atomic mass is 10.2. The van der Waals surface area contributed by atoms with Gasteiger partial charge in [0.05, 0.1) is 5.56 Å². The van der Waals surface area contributed by atoms with Crippen molar-refractivity contribution in [3.8, 4) is 0 Å². The average Bonchev–Trinajstić information content (AvgIpc) is 3.04. The predicted molar refractivity (Wildman–Crippen MR) is 88.0 cm³/mol. The van der Waals surface area contributed by atoms with E-state index in [0.717, 1.165) is 31.7 Å². The maximum absolute atomic E-state index is 12.3. The van der Waals surface area contributed by atoms with Crippen molar-refractivity contribution < 1.29 is 4.79 Å². The first-order chi connectivity index (χ1) is 10.2. The summed E-state index contributed by atoms with van der Waals surface area (Å²) in [6, 6.07) is 7.82. The molecule has 112 valence electrons. The minimum Gasteiger partial charge on any atom is -0.370 e. The van der Waals surface area contributed by atoms with Gasteiger partial charge in [0.2, 0.25) is 0 Å². The molecule has 1 amide bonds. The van der Waals surface area contributed by atoms with Crippen molar-refractivity contribution in [3.63, 3.8) is 0 Å². The number of carbonyl (C=O) groups is 1. The smallest absolute Gasteiger partial charge is 0.255 e. The highest BCUT2D eigenvalue weighted by atomic mass is 32.1. The summed E-state index contributed by atoms with van der Waals surface area (Å²) in [7, 11) is 1.83. The van der Waals surface area contributed by atoms with Gasteiger partial charge in [0, 0.05) is 31.2 Å². The molecular formula is C16H21N3OS. The lowest BCUT2D eigenvalue weighted by molar-refractivity contribution is 0.0796. The predicted octanol–water partition coefficient (Wildman–Crippen LogP) is 3.28. The molecule has 0 saturated heterocycles. The third-order valence-corrected chi connectivity index (χ3v) is 4.12. The van der Waals surface area contributed by atoms with Gasteiger partial charge in [-0.2, -0.15) is 0 Å². The monoisotopic (exact) mass is 303 g/mol. The summed E-state index contributed by atoms with van der Waals surface area (Å²) in [5, 5.41) is 5.26. The largest absolute Gasteiger partial charge is 0.370 e. The van der Waals surface area contributed by atoms with Crippen LogP contribution in [0.1, 0.15) is 28.6 Å². The van der Waals surface area contributed by atoms with Gasteiger partial charge in [-0.25, -0.2) is 4.98 Å². The molecule has 21 heavy (non-hydrogen) atoms. The maximum Gasteiger partial charge on any atom is 0.255 e. The van der Waals surface area contributed by atoms with Crippen molar-refractivity contribution in [1.82, 2.24) is 9.88 Å². The van der Waals surface area contributed by atoms with Crippen molar-refractivity contribution in [2.75, 3.05) is 25.5 Å². The molecule has 0 aliphatic heterocycles. The van der Waals surface area contributed by atoms with Crippen LogP contribution in [0.4, 0.5) is 5.82 Å². The van der Waals surface area contributed by atoms with Crippen LogP contribution in [0.15, 0.2) is 35.8 Å². The third-order valence-electron chi connectivity index (χ3n) is 3.19. The molecule has 2 aromatic rings. The number of pyridine rings is 1. The molecular weight excluding hydrogens is 282 g/mol. The van der Waals surface area contributed by atoms with Crippen molar-refractivity contribution in [2.45, 2.75) is 19.8 Å². The van der Waals surface area contributed by atoms with E-state index < -0.39 is 0 Å². The second-order valence-corrected chi connectivity index (χ2v) is 5.95. The number of rotatable bonds is 7. The van der Waals surface area contributed by atoms with E-state index in [0.29, 0.717) is 5.56 Å². The molecule has 0 bridgehead atoms. The van der Waals surface area contributed by atoms with E-state index >= 15 is 0 Å². The summed E-state index contributed by atoms with van der Waals surface area (Å²) in [4.78, 5) is 19.6. The lowest BCUT2D eigenvalue weighted by Crippen LogP contribution is -2.28. The number of likely N-dealkylation sites (N-methyl/N-ethyl adjacent to an activating group) is 1. The van der Waals surface area contributed by atoms with Crippen LogP contribution in [0.5, 0.6) is 0 Å². The number of thiophene rings is 1. The van der Waals surface area contributed by atoms with Crippen LogP contribution in [-0.2, 0) is 6.42 Å². The van der Waals surface area contributed by atoms with Crippen LogP contribution >= 0.6 is 11.3 Å². The van der Waals surface area contributed by atoms with Gasteiger partial charge in [-0.1, -0.05) is 13.0 Å². The van der Waals surface area contributed by atoms with Crippen LogP contribution < -0.4 is 5.32 Å². The first-order valence-electron chi connectivity index (χ1n) is 7.18. The first-order valence-corrected chi connectivity index (χ1v) is 8.06. The molecule has 2 rings (SSSR count). The zero-order chi connectivity index (χ0) is 15.1. The van der Waals surface area contributed by atoms with Gasteiger partial charge in [-0.15, -0.1) is 11.3 Å². The maximum atomic E-state index is 12.3. The number of hydrogen-bond acceptors (Lipinski definition) is 4. The van der Waals surface area contributed by atoms with Crippen LogP contribution in [0, 0.1) is 0 Å². The fraction of sp³-hybridized carbons (Fsp3) is 0.375. The average molecular weight is 303 g/mol. The van der Waals surface area contributed by atoms with Crippen molar-refractivity contribution >= 4 is 23.1 Å². The second-order valence-electron chi connectivity index (χ2n) is 4.91. The van der Waals surface area contributed by atoms with Crippen LogP contribution in [0.2, 0.25) is 0 Å². The van der Waals surface area contributed by atoms with Gasteiger partial charge in [-0.05, 0) is 36.4 Å². The number of amides is 1. The Morgan fingerprint density at radius 1 is 1.38 bits per heavy atom. The SMILES string of the molecule is CCCNc1ccc(C(=O)N(C)CCc2cccs2)cn1. The molecule has 0 aliphatic rings. The fourth-order valence-corrected chi connectivity index (χ4v) is 2.63. The van der Waals surface area contributed by atoms with Gasteiger partial charge >= 0.3 is 0 Å². The van der Waals surface area contributed by atoms with Crippen molar-refractivity contribution in [1.29, 1.82) is 0 Å². The number of nitrogens with zero attached hydrogens (tertiary/aromatic N) is 2. The summed E-state index contributed by atoms with van der Waals surface area (Å²) in [6.45, 7) is 3.71. The van der Waals surface area contributed by atoms with Gasteiger partial charge in [0.1, 0.15) is 5.82 Å². The van der Waals surface area contributed by atoms with E-state index in [2.05, 4.69) is 28.7 Å². The van der Waals surface area contributed by atoms with Gasteiger partial charge < -0.3 is 10.2 Å². The summed E-state index contributed by atoms with van der Waals surface area (Å²) >= 11 is 1.72. The van der Waals surface area contributed by atoms with E-state index in [-0.39, 0.29) is 5.91 Å². The van der Waals surface area contributed by atoms with E-state index in [9.17, 15) is 4.79 Å². The normalized spacial score (nSPS) is 10.4.